The van der Waals surface area contributed by atoms with Crippen molar-refractivity contribution in [2.75, 3.05) is 13.7 Å². The van der Waals surface area contributed by atoms with Crippen LogP contribution >= 0.6 is 13.5 Å². The molecule has 0 saturated heterocycles. The van der Waals surface area contributed by atoms with Crippen LogP contribution in [0.4, 0.5) is 4.79 Å². The lowest BCUT2D eigenvalue weighted by Crippen LogP contribution is -2.47. The maximum absolute atomic E-state index is 11.0. The van der Waals surface area contributed by atoms with Crippen LogP contribution < -0.4 is 5.32 Å². The van der Waals surface area contributed by atoms with Gasteiger partial charge in [-0.05, 0) is 34.6 Å². The van der Waals surface area contributed by atoms with Crippen LogP contribution in [0.15, 0.2) is 0 Å². The molecule has 0 aliphatic rings. The predicted molar refractivity (Wildman–Crippen MR) is 72.4 cm³/mol. The van der Waals surface area contributed by atoms with Crippen molar-refractivity contribution in [3.05, 3.63) is 0 Å². The Morgan fingerprint density at radius 2 is 1.62 bits per heavy atom. The Bertz CT molecular complexity index is 190. The average Bonchev–Trinajstić information content (AvgIpc) is 2.12. The third kappa shape index (κ3) is 6.95. The van der Waals surface area contributed by atoms with Crippen molar-refractivity contribution in [3.63, 3.8) is 0 Å². The molecule has 0 fully saturated rings. The van der Waals surface area contributed by atoms with Gasteiger partial charge in [-0.25, -0.2) is 4.79 Å². The molecule has 5 heteroatoms. The summed E-state index contributed by atoms with van der Waals surface area (Å²) in [7, 11) is 1.38. The number of hydrogen-bond acceptors (Lipinski definition) is 3. The molecule has 0 heterocycles. The molecule has 16 heavy (non-hydrogen) atoms. The minimum atomic E-state index is -0.366. The molecule has 1 atom stereocenters. The first-order valence-corrected chi connectivity index (χ1v) is 5.48. The van der Waals surface area contributed by atoms with Gasteiger partial charge in [0.2, 0.25) is 0 Å². The largest absolute Gasteiger partial charge is 0.453 e. The van der Waals surface area contributed by atoms with Gasteiger partial charge < -0.3 is 10.1 Å². The van der Waals surface area contributed by atoms with E-state index in [4.69, 9.17) is 0 Å². The van der Waals surface area contributed by atoms with E-state index in [2.05, 4.69) is 42.6 Å². The van der Waals surface area contributed by atoms with Crippen LogP contribution in [0.1, 0.15) is 34.6 Å². The van der Waals surface area contributed by atoms with Crippen LogP contribution in [0.5, 0.6) is 0 Å². The number of alkyl carbamates (subject to hydrolysis) is 1. The highest BCUT2D eigenvalue weighted by Gasteiger charge is 2.17. The molecule has 1 amide bonds. The van der Waals surface area contributed by atoms with Gasteiger partial charge in [0, 0.05) is 24.7 Å². The SMILES string of the molecule is COC(=O)N[C@@H](C)CN(C(C)C)C(C)C.S. The highest BCUT2D eigenvalue weighted by molar-refractivity contribution is 7.59. The zero-order chi connectivity index (χ0) is 12.0. The zero-order valence-corrected chi connectivity index (χ0v) is 12.2. The van der Waals surface area contributed by atoms with Crippen molar-refractivity contribution in [3.8, 4) is 0 Å². The van der Waals surface area contributed by atoms with Crippen molar-refractivity contribution in [2.45, 2.75) is 52.7 Å². The predicted octanol–water partition coefficient (Wildman–Crippen LogP) is 1.96. The number of ether oxygens (including phenoxy) is 1. The molecule has 0 aromatic carbocycles. The number of nitrogens with one attached hydrogen (secondary N) is 1. The second kappa shape index (κ2) is 8.70. The summed E-state index contributed by atoms with van der Waals surface area (Å²) in [6.45, 7) is 11.4. The van der Waals surface area contributed by atoms with Gasteiger partial charge in [0.05, 0.1) is 7.11 Å². The third-order valence-corrected chi connectivity index (χ3v) is 2.36. The second-order valence-electron chi connectivity index (χ2n) is 4.42. The Morgan fingerprint density at radius 1 is 1.19 bits per heavy atom. The van der Waals surface area contributed by atoms with Crippen LogP contribution in [-0.2, 0) is 4.74 Å². The first-order chi connectivity index (χ1) is 6.88. The maximum atomic E-state index is 11.0. The van der Waals surface area contributed by atoms with E-state index in [-0.39, 0.29) is 25.6 Å². The number of nitrogens with zero attached hydrogens (tertiary/aromatic N) is 1. The summed E-state index contributed by atoms with van der Waals surface area (Å²) < 4.78 is 4.55. The summed E-state index contributed by atoms with van der Waals surface area (Å²) in [4.78, 5) is 13.3. The fourth-order valence-electron chi connectivity index (χ4n) is 1.64. The Kier molecular flexibility index (Phi) is 9.77. The topological polar surface area (TPSA) is 41.6 Å². The van der Waals surface area contributed by atoms with Crippen molar-refractivity contribution in [1.29, 1.82) is 0 Å². The molecular formula is C11H26N2O2S. The van der Waals surface area contributed by atoms with Crippen molar-refractivity contribution < 1.29 is 9.53 Å². The van der Waals surface area contributed by atoms with E-state index in [0.717, 1.165) is 6.54 Å². The van der Waals surface area contributed by atoms with E-state index in [1.807, 2.05) is 6.92 Å². The van der Waals surface area contributed by atoms with E-state index in [1.165, 1.54) is 7.11 Å². The first-order valence-electron chi connectivity index (χ1n) is 5.48. The van der Waals surface area contributed by atoms with Gasteiger partial charge in [0.25, 0.3) is 0 Å². The van der Waals surface area contributed by atoms with Crippen LogP contribution in [0.25, 0.3) is 0 Å². The highest BCUT2D eigenvalue weighted by atomic mass is 32.1. The van der Waals surface area contributed by atoms with Gasteiger partial charge in [-0.3, -0.25) is 4.90 Å². The first kappa shape index (κ1) is 18.0. The van der Waals surface area contributed by atoms with E-state index >= 15 is 0 Å². The molecule has 0 bridgehead atoms. The fraction of sp³-hybridized carbons (Fsp3) is 0.909. The summed E-state index contributed by atoms with van der Waals surface area (Å²) in [5.41, 5.74) is 0. The molecule has 0 rings (SSSR count). The van der Waals surface area contributed by atoms with E-state index in [0.29, 0.717) is 12.1 Å². The molecule has 0 unspecified atom stereocenters. The number of methoxy groups -OCH3 is 1. The molecule has 98 valence electrons. The standard InChI is InChI=1S/C11H24N2O2.H2S/c1-8(2)13(9(3)4)7-10(5)12-11(14)15-6;/h8-10H,7H2,1-6H3,(H,12,14);1H2/t10-;/m0./s1. The molecule has 0 aromatic heterocycles. The molecule has 0 aliphatic heterocycles. The zero-order valence-electron chi connectivity index (χ0n) is 11.2. The summed E-state index contributed by atoms with van der Waals surface area (Å²) in [5.74, 6) is 0. The summed E-state index contributed by atoms with van der Waals surface area (Å²) in [6.07, 6.45) is -0.366. The van der Waals surface area contributed by atoms with Gasteiger partial charge >= 0.3 is 6.09 Å². The van der Waals surface area contributed by atoms with Crippen LogP contribution in [0, 0.1) is 0 Å². The third-order valence-electron chi connectivity index (χ3n) is 2.36. The molecule has 0 spiro atoms. The number of carbonyl (C=O) groups is 1. The molecule has 4 nitrogen and oxygen atoms in total. The summed E-state index contributed by atoms with van der Waals surface area (Å²) in [6, 6.07) is 1.06. The van der Waals surface area contributed by atoms with Crippen molar-refractivity contribution >= 4 is 19.6 Å². The monoisotopic (exact) mass is 250 g/mol. The molecule has 1 N–H and O–H groups in total. The molecule has 0 aromatic rings. The summed E-state index contributed by atoms with van der Waals surface area (Å²) in [5, 5.41) is 2.77. The van der Waals surface area contributed by atoms with Crippen LogP contribution in [-0.4, -0.2) is 42.8 Å². The maximum Gasteiger partial charge on any atom is 0.407 e. The van der Waals surface area contributed by atoms with E-state index in [9.17, 15) is 4.79 Å². The summed E-state index contributed by atoms with van der Waals surface area (Å²) >= 11 is 0. The minimum Gasteiger partial charge on any atom is -0.453 e. The van der Waals surface area contributed by atoms with Gasteiger partial charge in [-0.2, -0.15) is 13.5 Å². The second-order valence-corrected chi connectivity index (χ2v) is 4.42. The number of carbonyl (C=O) groups excluding carboxylic acids is 1. The molecule has 0 radical (unpaired) electrons. The Labute approximate surface area is 106 Å². The molecular weight excluding hydrogens is 224 g/mol. The smallest absolute Gasteiger partial charge is 0.407 e. The fourth-order valence-corrected chi connectivity index (χ4v) is 1.64. The van der Waals surface area contributed by atoms with Gasteiger partial charge in [-0.15, -0.1) is 0 Å². The Balaban J connectivity index is 0. The van der Waals surface area contributed by atoms with Crippen LogP contribution in [0.2, 0.25) is 0 Å². The lowest BCUT2D eigenvalue weighted by Gasteiger charge is -2.32. The van der Waals surface area contributed by atoms with Crippen molar-refractivity contribution in [2.24, 2.45) is 0 Å². The Hall–Kier alpha value is -0.420. The molecule has 0 saturated carbocycles. The van der Waals surface area contributed by atoms with Crippen LogP contribution in [0.3, 0.4) is 0 Å². The van der Waals surface area contributed by atoms with E-state index in [1.54, 1.807) is 0 Å². The lowest BCUT2D eigenvalue weighted by atomic mass is 10.2. The highest BCUT2D eigenvalue weighted by Crippen LogP contribution is 2.05. The van der Waals surface area contributed by atoms with E-state index < -0.39 is 0 Å². The number of rotatable bonds is 5. The lowest BCUT2D eigenvalue weighted by molar-refractivity contribution is 0.142. The normalized spacial score (nSPS) is 12.6. The van der Waals surface area contributed by atoms with Gasteiger partial charge in [-0.1, -0.05) is 0 Å². The quantitative estimate of drug-likeness (QED) is 0.811. The van der Waals surface area contributed by atoms with Gasteiger partial charge in [0.15, 0.2) is 0 Å². The number of hydrogen-bond donors (Lipinski definition) is 1. The van der Waals surface area contributed by atoms with Gasteiger partial charge in [0.1, 0.15) is 0 Å². The molecule has 0 aliphatic carbocycles. The minimum absolute atomic E-state index is 0. The number of amides is 1. The van der Waals surface area contributed by atoms with Crippen molar-refractivity contribution in [1.82, 2.24) is 10.2 Å². The average molecular weight is 250 g/mol. The Morgan fingerprint density at radius 3 is 1.94 bits per heavy atom.